The maximum Gasteiger partial charge on any atom is 0.573 e. The van der Waals surface area contributed by atoms with Crippen molar-refractivity contribution in [2.24, 2.45) is 0 Å². The van der Waals surface area contributed by atoms with E-state index in [2.05, 4.69) is 4.74 Å². The third kappa shape index (κ3) is 6.78. The van der Waals surface area contributed by atoms with Crippen LogP contribution in [0.3, 0.4) is 0 Å². The monoisotopic (exact) mass is 459 g/mol. The summed E-state index contributed by atoms with van der Waals surface area (Å²) >= 11 is 0. The number of alkyl halides is 3. The largest absolute Gasteiger partial charge is 0.573 e. The topological polar surface area (TPSA) is 57.2 Å². The fraction of sp³-hybridized carbons (Fsp3) is 0.682. The molecule has 0 aliphatic carbocycles. The van der Waals surface area contributed by atoms with Gasteiger partial charge in [0.1, 0.15) is 11.4 Å². The van der Waals surface area contributed by atoms with Crippen LogP contribution in [0.15, 0.2) is 18.2 Å². The van der Waals surface area contributed by atoms with Crippen LogP contribution in [0.2, 0.25) is 0 Å². The first-order chi connectivity index (χ1) is 14.3. The van der Waals surface area contributed by atoms with Crippen LogP contribution in [0.1, 0.15) is 67.9 Å². The number of carbonyl (C=O) groups excluding carboxylic acids is 1. The van der Waals surface area contributed by atoms with Crippen LogP contribution < -0.4 is 10.2 Å². The molecule has 6 nitrogen and oxygen atoms in total. The minimum atomic E-state index is -4.87. The van der Waals surface area contributed by atoms with Gasteiger partial charge in [-0.1, -0.05) is 6.07 Å². The van der Waals surface area contributed by atoms with Crippen molar-refractivity contribution in [3.63, 3.8) is 0 Å². The van der Waals surface area contributed by atoms with Gasteiger partial charge in [-0.2, -0.15) is 0 Å². The number of halogens is 3. The molecule has 0 saturated carbocycles. The molecule has 1 aliphatic heterocycles. The maximum absolute atomic E-state index is 13.0. The van der Waals surface area contributed by atoms with Gasteiger partial charge in [-0.05, 0) is 85.5 Å². The molecule has 0 N–H and O–H groups in total. The van der Waals surface area contributed by atoms with Gasteiger partial charge in [0.2, 0.25) is 0 Å². The Labute approximate surface area is 188 Å². The van der Waals surface area contributed by atoms with E-state index in [0.29, 0.717) is 11.0 Å². The summed E-state index contributed by atoms with van der Waals surface area (Å²) in [5, 5.41) is 0. The highest BCUT2D eigenvalue weighted by atomic mass is 19.4. The van der Waals surface area contributed by atoms with Gasteiger partial charge >= 0.3 is 19.6 Å². The third-order valence-electron chi connectivity index (χ3n) is 5.35. The van der Waals surface area contributed by atoms with Crippen LogP contribution in [0.5, 0.6) is 5.75 Å². The molecule has 0 unspecified atom stereocenters. The number of ether oxygens (including phenoxy) is 2. The van der Waals surface area contributed by atoms with E-state index < -0.39 is 42.1 Å². The molecule has 1 heterocycles. The summed E-state index contributed by atoms with van der Waals surface area (Å²) in [6, 6.07) is 3.90. The van der Waals surface area contributed by atoms with Crippen LogP contribution in [0.25, 0.3) is 0 Å². The first-order valence-electron chi connectivity index (χ1n) is 10.5. The van der Waals surface area contributed by atoms with E-state index in [9.17, 15) is 18.0 Å². The molecule has 1 saturated heterocycles. The highest BCUT2D eigenvalue weighted by Crippen LogP contribution is 2.37. The Morgan fingerprint density at radius 1 is 1.06 bits per heavy atom. The van der Waals surface area contributed by atoms with E-state index in [-0.39, 0.29) is 12.6 Å². The van der Waals surface area contributed by atoms with Crippen LogP contribution in [-0.4, -0.2) is 47.3 Å². The molecule has 0 aromatic heterocycles. The van der Waals surface area contributed by atoms with E-state index >= 15 is 0 Å². The Balaban J connectivity index is 2.42. The molecule has 1 aromatic carbocycles. The Morgan fingerprint density at radius 2 is 1.59 bits per heavy atom. The molecule has 0 spiro atoms. The Kier molecular flexibility index (Phi) is 7.22. The van der Waals surface area contributed by atoms with Gasteiger partial charge in [-0.3, -0.25) is 0 Å². The Bertz CT molecular complexity index is 818. The van der Waals surface area contributed by atoms with Gasteiger partial charge in [-0.25, -0.2) is 4.79 Å². The maximum atomic E-state index is 13.0. The van der Waals surface area contributed by atoms with Crippen molar-refractivity contribution in [2.45, 2.75) is 98.1 Å². The van der Waals surface area contributed by atoms with E-state index in [0.717, 1.165) is 0 Å². The Hall–Kier alpha value is -1.94. The van der Waals surface area contributed by atoms with Gasteiger partial charge in [-0.15, -0.1) is 13.2 Å². The number of nitrogens with zero attached hydrogens (tertiary/aromatic N) is 1. The van der Waals surface area contributed by atoms with Gasteiger partial charge in [0.05, 0.1) is 11.2 Å². The quantitative estimate of drug-likeness (QED) is 0.579. The zero-order valence-electron chi connectivity index (χ0n) is 20.2. The zero-order valence-corrected chi connectivity index (χ0v) is 20.2. The van der Waals surface area contributed by atoms with Gasteiger partial charge < -0.3 is 23.7 Å². The minimum absolute atomic E-state index is 0.0220. The number of rotatable bonds is 5. The lowest BCUT2D eigenvalue weighted by molar-refractivity contribution is -0.274. The number of hydrogen-bond donors (Lipinski definition) is 0. The second-order valence-corrected chi connectivity index (χ2v) is 10.2. The SMILES string of the molecule is CC(C)N(Cc1cc(OC(F)(F)F)cc(B2OC(C)(C)C(C)(C)O2)c1)C(=O)OC(C)(C)C. The highest BCUT2D eigenvalue weighted by Gasteiger charge is 2.52. The van der Waals surface area contributed by atoms with Crippen molar-refractivity contribution in [3.05, 3.63) is 23.8 Å². The van der Waals surface area contributed by atoms with E-state index in [4.69, 9.17) is 14.0 Å². The van der Waals surface area contributed by atoms with Crippen molar-refractivity contribution < 1.29 is 36.7 Å². The summed E-state index contributed by atoms with van der Waals surface area (Å²) in [4.78, 5) is 14.1. The predicted octanol–water partition coefficient (Wildman–Crippen LogP) is 5.03. The number of carbonyl (C=O) groups is 1. The molecule has 2 rings (SSSR count). The van der Waals surface area contributed by atoms with Crippen molar-refractivity contribution in [1.29, 1.82) is 0 Å². The molecule has 10 heteroatoms. The van der Waals surface area contributed by atoms with Gasteiger partial charge in [0.15, 0.2) is 0 Å². The molecule has 1 aliphatic rings. The standard InChI is InChI=1S/C22H33BF3NO5/c1-14(2)27(18(28)30-19(3,4)5)13-15-10-16(12-17(11-15)29-22(24,25)26)23-31-20(6,7)21(8,9)32-23/h10-12,14H,13H2,1-9H3. The number of hydrogen-bond acceptors (Lipinski definition) is 5. The molecule has 1 aromatic rings. The number of benzene rings is 1. The second kappa shape index (κ2) is 8.78. The van der Waals surface area contributed by atoms with E-state index in [1.807, 2.05) is 27.7 Å². The fourth-order valence-corrected chi connectivity index (χ4v) is 3.06. The average Bonchev–Trinajstić information content (AvgIpc) is 2.76. The normalized spacial score (nSPS) is 18.1. The van der Waals surface area contributed by atoms with E-state index in [1.54, 1.807) is 40.7 Å². The lowest BCUT2D eigenvalue weighted by Crippen LogP contribution is -2.41. The predicted molar refractivity (Wildman–Crippen MR) is 116 cm³/mol. The first kappa shape index (κ1) is 26.3. The van der Waals surface area contributed by atoms with Crippen molar-refractivity contribution in [1.82, 2.24) is 4.90 Å². The summed E-state index contributed by atoms with van der Waals surface area (Å²) < 4.78 is 60.5. The zero-order chi connectivity index (χ0) is 24.7. The van der Waals surface area contributed by atoms with Crippen molar-refractivity contribution >= 4 is 18.7 Å². The highest BCUT2D eigenvalue weighted by molar-refractivity contribution is 6.62. The first-order valence-corrected chi connectivity index (χ1v) is 10.5. The molecule has 32 heavy (non-hydrogen) atoms. The molecular weight excluding hydrogens is 426 g/mol. The Morgan fingerprint density at radius 3 is 2.03 bits per heavy atom. The van der Waals surface area contributed by atoms with Gasteiger partial charge in [0, 0.05) is 12.6 Å². The molecule has 1 fully saturated rings. The van der Waals surface area contributed by atoms with Crippen LogP contribution in [0, 0.1) is 0 Å². The third-order valence-corrected chi connectivity index (χ3v) is 5.35. The van der Waals surface area contributed by atoms with Crippen LogP contribution in [-0.2, 0) is 20.6 Å². The second-order valence-electron chi connectivity index (χ2n) is 10.2. The summed E-state index contributed by atoms with van der Waals surface area (Å²) in [5.74, 6) is -0.410. The smallest absolute Gasteiger partial charge is 0.444 e. The summed E-state index contributed by atoms with van der Waals surface area (Å²) in [6.07, 6.45) is -5.43. The molecule has 180 valence electrons. The molecule has 0 bridgehead atoms. The molecule has 1 amide bonds. The fourth-order valence-electron chi connectivity index (χ4n) is 3.06. The average molecular weight is 459 g/mol. The van der Waals surface area contributed by atoms with Crippen molar-refractivity contribution in [2.75, 3.05) is 0 Å². The van der Waals surface area contributed by atoms with Crippen LogP contribution >= 0.6 is 0 Å². The summed E-state index contributed by atoms with van der Waals surface area (Å²) in [7, 11) is -0.885. The molecular formula is C22H33BF3NO5. The minimum Gasteiger partial charge on any atom is -0.444 e. The summed E-state index contributed by atoms with van der Waals surface area (Å²) in [6.45, 7) is 16.3. The summed E-state index contributed by atoms with van der Waals surface area (Å²) in [5.41, 5.74) is -1.25. The molecule has 0 atom stereocenters. The van der Waals surface area contributed by atoms with Crippen molar-refractivity contribution in [3.8, 4) is 5.75 Å². The molecule has 0 radical (unpaired) electrons. The lowest BCUT2D eigenvalue weighted by atomic mass is 9.78. The lowest BCUT2D eigenvalue weighted by Gasteiger charge is -2.32. The van der Waals surface area contributed by atoms with Crippen LogP contribution in [0.4, 0.5) is 18.0 Å². The van der Waals surface area contributed by atoms with E-state index in [1.165, 1.54) is 17.0 Å². The number of amides is 1. The van der Waals surface area contributed by atoms with Gasteiger partial charge in [0.25, 0.3) is 0 Å².